The number of phenolic OH excluding ortho intramolecular Hbond substituents is 2. The van der Waals surface area contributed by atoms with Crippen LogP contribution in [0.1, 0.15) is 83.8 Å². The Kier molecular flexibility index (Phi) is 8.08. The van der Waals surface area contributed by atoms with Crippen molar-refractivity contribution in [3.63, 3.8) is 0 Å². The standard InChI is InChI=1S/C32H38O3.O.W/c1-30(2,3)19-26(33)27-20(22-15-11-17-24(28(22)34)31(4,5)6)13-10-14-21(27)23-16-12-18-25(29(23)35)32(7,8)9;;/h10-18,34-35H,1-9H3;;/q;+1;. The third-order valence-electron chi connectivity index (χ3n) is 6.53. The molecule has 0 amide bonds. The first-order valence-corrected chi connectivity index (χ1v) is 15.2. The Morgan fingerprint density at radius 3 is 1.32 bits per heavy atom. The van der Waals surface area contributed by atoms with Gasteiger partial charge in [0.2, 0.25) is 0 Å². The molecule has 4 nitrogen and oxygen atoms in total. The van der Waals surface area contributed by atoms with Gasteiger partial charge in [0.25, 0.3) is 0 Å². The summed E-state index contributed by atoms with van der Waals surface area (Å²) < 4.78 is 12.9. The summed E-state index contributed by atoms with van der Waals surface area (Å²) in [6, 6.07) is 16.6. The van der Waals surface area contributed by atoms with Crippen molar-refractivity contribution in [3.8, 4) is 33.8 Å². The number of phenols is 2. The number of benzene rings is 3. The Morgan fingerprint density at radius 1 is 0.649 bits per heavy atom. The van der Waals surface area contributed by atoms with Crippen LogP contribution in [-0.4, -0.2) is 19.9 Å². The number of aromatic hydroxyl groups is 2. The zero-order valence-electron chi connectivity index (χ0n) is 23.3. The monoisotopic (exact) mass is 670 g/mol. The van der Waals surface area contributed by atoms with Crippen molar-refractivity contribution >= 4 is 9.68 Å². The van der Waals surface area contributed by atoms with E-state index in [4.69, 9.17) is 0 Å². The fraction of sp³-hybridized carbons (Fsp3) is 0.375. The molecule has 0 bridgehead atoms. The quantitative estimate of drug-likeness (QED) is 0.219. The number of hydrogen-bond donors (Lipinski definition) is 2. The van der Waals surface area contributed by atoms with Gasteiger partial charge < -0.3 is 0 Å². The molecule has 0 unspecified atom stereocenters. The Bertz CT molecular complexity index is 1380. The molecular weight excluding hydrogens is 632 g/mol. The van der Waals surface area contributed by atoms with Gasteiger partial charge in [0, 0.05) is 0 Å². The van der Waals surface area contributed by atoms with Crippen LogP contribution in [0.2, 0.25) is 0 Å². The van der Waals surface area contributed by atoms with Crippen molar-refractivity contribution in [1.29, 1.82) is 0 Å². The molecule has 0 spiro atoms. The van der Waals surface area contributed by atoms with Crippen LogP contribution in [0.15, 0.2) is 54.6 Å². The molecule has 0 atom stereocenters. The molecule has 0 radical (unpaired) electrons. The Hall–Kier alpha value is -2.55. The first kappa shape index (κ1) is 29.0. The molecule has 0 fully saturated rings. The third-order valence-corrected chi connectivity index (χ3v) is 10.00. The first-order chi connectivity index (χ1) is 17.0. The first-order valence-electron chi connectivity index (χ1n) is 12.5. The molecule has 5 heteroatoms. The predicted molar refractivity (Wildman–Crippen MR) is 148 cm³/mol. The van der Waals surface area contributed by atoms with E-state index in [9.17, 15) is 18.2 Å². The zero-order chi connectivity index (χ0) is 27.9. The summed E-state index contributed by atoms with van der Waals surface area (Å²) in [6.45, 7) is 17.9. The molecule has 0 aliphatic heterocycles. The van der Waals surface area contributed by atoms with E-state index in [0.29, 0.717) is 31.7 Å². The Balaban J connectivity index is 2.49. The molecule has 0 aromatic heterocycles. The van der Waals surface area contributed by atoms with E-state index in [1.165, 1.54) is 0 Å². The number of carbonyl (C=O) groups is 1. The van der Waals surface area contributed by atoms with E-state index in [1.807, 2.05) is 105 Å². The fourth-order valence-electron chi connectivity index (χ4n) is 4.59. The Morgan fingerprint density at radius 2 is 1.00 bits per heavy atom. The van der Waals surface area contributed by atoms with Crippen LogP contribution in [0.4, 0.5) is 0 Å². The normalized spacial score (nSPS) is 12.2. The number of carbonyl (C=O) groups excluding carboxylic acids is 1. The van der Waals surface area contributed by atoms with Gasteiger partial charge >= 0.3 is 229 Å². The summed E-state index contributed by atoms with van der Waals surface area (Å²) in [5.41, 5.74) is 2.88. The molecule has 0 saturated carbocycles. The predicted octanol–water partition coefficient (Wildman–Crippen LogP) is 7.86. The minimum atomic E-state index is -2.33. The van der Waals surface area contributed by atoms with Gasteiger partial charge in [0.1, 0.15) is 0 Å². The molecule has 2 N–H and O–H groups in total. The number of ketones is 1. The van der Waals surface area contributed by atoms with Crippen LogP contribution in [0.3, 0.4) is 0 Å². The Labute approximate surface area is 228 Å². The summed E-state index contributed by atoms with van der Waals surface area (Å²) in [6.07, 6.45) is 0. The van der Waals surface area contributed by atoms with Gasteiger partial charge in [-0.15, -0.1) is 0 Å². The van der Waals surface area contributed by atoms with Crippen LogP contribution < -0.4 is 0 Å². The van der Waals surface area contributed by atoms with Gasteiger partial charge in [-0.3, -0.25) is 0 Å². The summed E-state index contributed by atoms with van der Waals surface area (Å²) in [5, 5.41) is 22.8. The average Bonchev–Trinajstić information content (AvgIpc) is 2.76. The summed E-state index contributed by atoms with van der Waals surface area (Å²) in [4.78, 5) is 14.2. The van der Waals surface area contributed by atoms with Crippen molar-refractivity contribution in [1.82, 2.24) is 0 Å². The fourth-order valence-corrected chi connectivity index (χ4v) is 6.13. The molecule has 0 aliphatic carbocycles. The van der Waals surface area contributed by atoms with Gasteiger partial charge in [-0.2, -0.15) is 0 Å². The molecule has 37 heavy (non-hydrogen) atoms. The van der Waals surface area contributed by atoms with E-state index in [2.05, 4.69) is 0 Å². The minimum absolute atomic E-state index is 0.119. The van der Waals surface area contributed by atoms with Gasteiger partial charge in [0.05, 0.1) is 0 Å². The van der Waals surface area contributed by atoms with Crippen LogP contribution in [-0.2, 0) is 31.9 Å². The molecule has 0 heterocycles. The molecule has 0 saturated heterocycles. The molecule has 3 aromatic rings. The van der Waals surface area contributed by atoms with Gasteiger partial charge in [-0.05, 0) is 0 Å². The topological polar surface area (TPSA) is 77.4 Å². The molecular formula is C32H38O4W+. The average molecular weight is 670 g/mol. The molecule has 0 aliphatic rings. The molecule has 195 valence electrons. The van der Waals surface area contributed by atoms with Crippen LogP contribution in [0.25, 0.3) is 22.3 Å². The third kappa shape index (κ3) is 5.81. The maximum atomic E-state index is 14.2. The van der Waals surface area contributed by atoms with Gasteiger partial charge in [-0.25, -0.2) is 0 Å². The van der Waals surface area contributed by atoms with E-state index >= 15 is 0 Å². The second-order valence-electron chi connectivity index (χ2n) is 12.6. The SMILES string of the molecule is CC(C)(C)[C](=[W]#[O+])C(=O)c1c(-c2cccc(C(C)(C)C)c2O)cccc1-c1cccc(C(C)(C)C)c1O. The van der Waals surface area contributed by atoms with Crippen molar-refractivity contribution in [2.75, 3.05) is 0 Å². The number of para-hydroxylation sites is 2. The van der Waals surface area contributed by atoms with Crippen LogP contribution in [0, 0.1) is 5.41 Å². The van der Waals surface area contributed by atoms with E-state index in [0.717, 1.165) is 11.1 Å². The number of hydrogen-bond acceptors (Lipinski definition) is 3. The second-order valence-corrected chi connectivity index (χ2v) is 14.7. The van der Waals surface area contributed by atoms with Crippen LogP contribution in [0.5, 0.6) is 11.5 Å². The van der Waals surface area contributed by atoms with Crippen molar-refractivity contribution in [2.45, 2.75) is 73.1 Å². The summed E-state index contributed by atoms with van der Waals surface area (Å²) in [7, 11) is 0. The second kappa shape index (κ2) is 10.3. The molecule has 3 rings (SSSR count). The van der Waals surface area contributed by atoms with Crippen molar-refractivity contribution in [2.24, 2.45) is 5.41 Å². The van der Waals surface area contributed by atoms with Gasteiger partial charge in [-0.1, -0.05) is 0 Å². The number of Topliss-reactive ketones (excluding diaryl/α,β-unsaturated/α-hetero) is 1. The number of rotatable bonds is 4. The van der Waals surface area contributed by atoms with E-state index in [1.54, 1.807) is 12.1 Å². The van der Waals surface area contributed by atoms with Crippen molar-refractivity contribution < 1.29 is 36.1 Å². The maximum absolute atomic E-state index is 14.2. The van der Waals surface area contributed by atoms with Gasteiger partial charge in [0.15, 0.2) is 0 Å². The van der Waals surface area contributed by atoms with E-state index in [-0.39, 0.29) is 28.1 Å². The zero-order valence-corrected chi connectivity index (χ0v) is 26.2. The van der Waals surface area contributed by atoms with Crippen molar-refractivity contribution in [3.05, 3.63) is 71.3 Å². The summed E-state index contributed by atoms with van der Waals surface area (Å²) in [5.74, 6) is -0.0554. The molecule has 3 aromatic carbocycles. The van der Waals surface area contributed by atoms with Crippen LogP contribution >= 0.6 is 0 Å². The summed E-state index contributed by atoms with van der Waals surface area (Å²) >= 11 is -2.33. The van der Waals surface area contributed by atoms with E-state index < -0.39 is 23.3 Å².